The fraction of sp³-hybridized carbons (Fsp3) is 1.00. The third kappa shape index (κ3) is 2.63. The van der Waals surface area contributed by atoms with E-state index in [4.69, 9.17) is 5.11 Å². The van der Waals surface area contributed by atoms with Crippen LogP contribution < -0.4 is 5.32 Å². The highest BCUT2D eigenvalue weighted by Gasteiger charge is 2.33. The Morgan fingerprint density at radius 3 is 2.73 bits per heavy atom. The van der Waals surface area contributed by atoms with E-state index >= 15 is 0 Å². The van der Waals surface area contributed by atoms with Gasteiger partial charge in [-0.2, -0.15) is 0 Å². The summed E-state index contributed by atoms with van der Waals surface area (Å²) in [7, 11) is 0. The fourth-order valence-corrected chi connectivity index (χ4v) is 2.10. The lowest BCUT2D eigenvalue weighted by atomic mass is 9.96. The van der Waals surface area contributed by atoms with Gasteiger partial charge in [-0.15, -0.1) is 12.6 Å². The zero-order chi connectivity index (χ0) is 8.48. The van der Waals surface area contributed by atoms with Gasteiger partial charge in [-0.1, -0.05) is 0 Å². The highest BCUT2D eigenvalue weighted by molar-refractivity contribution is 7.81. The van der Waals surface area contributed by atoms with Crippen LogP contribution in [0.5, 0.6) is 0 Å². The van der Waals surface area contributed by atoms with Crippen molar-refractivity contribution >= 4 is 12.6 Å². The Morgan fingerprint density at radius 1 is 1.64 bits per heavy atom. The third-order valence-corrected chi connectivity index (χ3v) is 2.31. The van der Waals surface area contributed by atoms with Crippen LogP contribution in [0.15, 0.2) is 0 Å². The Kier molecular flexibility index (Phi) is 2.80. The Balaban J connectivity index is 2.51. The van der Waals surface area contributed by atoms with Gasteiger partial charge < -0.3 is 15.5 Å². The molecule has 1 rings (SSSR count). The van der Waals surface area contributed by atoms with Crippen LogP contribution in [0.3, 0.4) is 0 Å². The molecule has 0 amide bonds. The van der Waals surface area contributed by atoms with E-state index in [2.05, 4.69) is 17.9 Å². The van der Waals surface area contributed by atoms with Crippen molar-refractivity contribution in [2.24, 2.45) is 0 Å². The smallest absolute Gasteiger partial charge is 0.110 e. The maximum Gasteiger partial charge on any atom is 0.110 e. The summed E-state index contributed by atoms with van der Waals surface area (Å²) < 4.78 is 0. The third-order valence-electron chi connectivity index (χ3n) is 1.95. The van der Waals surface area contributed by atoms with Crippen LogP contribution in [0.4, 0.5) is 0 Å². The summed E-state index contributed by atoms with van der Waals surface area (Å²) in [5, 5.41) is 21.6. The molecule has 11 heavy (non-hydrogen) atoms. The molecule has 3 N–H and O–H groups in total. The van der Waals surface area contributed by atoms with Crippen molar-refractivity contribution in [3.05, 3.63) is 0 Å². The van der Waals surface area contributed by atoms with Crippen molar-refractivity contribution in [1.29, 1.82) is 0 Å². The number of aliphatic hydroxyl groups excluding tert-OH is 1. The van der Waals surface area contributed by atoms with Crippen molar-refractivity contribution in [2.75, 3.05) is 6.61 Å². The maximum absolute atomic E-state index is 9.56. The van der Waals surface area contributed by atoms with E-state index in [0.717, 1.165) is 0 Å². The first-order valence-electron chi connectivity index (χ1n) is 3.85. The number of hydrogen-bond donors (Lipinski definition) is 4. The van der Waals surface area contributed by atoms with E-state index in [1.54, 1.807) is 0 Å². The molecule has 4 heteroatoms. The van der Waals surface area contributed by atoms with Crippen molar-refractivity contribution in [3.8, 4) is 0 Å². The number of thiol groups is 1. The molecule has 3 nitrogen and oxygen atoms in total. The SMILES string of the molecule is CC1CC(O)(S)CC(CO)N1. The second-order valence-corrected chi connectivity index (χ2v) is 4.17. The summed E-state index contributed by atoms with van der Waals surface area (Å²) in [6, 6.07) is 0.213. The number of nitrogens with one attached hydrogen (secondary N) is 1. The predicted octanol–water partition coefficient (Wildman–Crippen LogP) is -0.262. The van der Waals surface area contributed by atoms with Gasteiger partial charge in [0, 0.05) is 24.9 Å². The van der Waals surface area contributed by atoms with Crippen molar-refractivity contribution < 1.29 is 10.2 Å². The first-order chi connectivity index (χ1) is 5.03. The number of aliphatic hydroxyl groups is 2. The second-order valence-electron chi connectivity index (χ2n) is 3.34. The van der Waals surface area contributed by atoms with Crippen LogP contribution in [0.25, 0.3) is 0 Å². The zero-order valence-corrected chi connectivity index (χ0v) is 7.51. The van der Waals surface area contributed by atoms with Crippen LogP contribution in [0.1, 0.15) is 19.8 Å². The molecule has 0 bridgehead atoms. The van der Waals surface area contributed by atoms with E-state index < -0.39 is 4.93 Å². The number of rotatable bonds is 1. The lowest BCUT2D eigenvalue weighted by molar-refractivity contribution is 0.0518. The molecule has 1 aliphatic rings. The molecule has 1 saturated heterocycles. The van der Waals surface area contributed by atoms with Crippen molar-refractivity contribution in [3.63, 3.8) is 0 Å². The van der Waals surface area contributed by atoms with E-state index in [1.165, 1.54) is 0 Å². The highest BCUT2D eigenvalue weighted by Crippen LogP contribution is 2.27. The minimum atomic E-state index is -0.905. The predicted molar refractivity (Wildman–Crippen MR) is 46.6 cm³/mol. The average molecular weight is 177 g/mol. The minimum absolute atomic E-state index is 0.0127. The van der Waals surface area contributed by atoms with Gasteiger partial charge in [-0.05, 0) is 6.92 Å². The van der Waals surface area contributed by atoms with Gasteiger partial charge in [0.15, 0.2) is 0 Å². The van der Waals surface area contributed by atoms with Crippen molar-refractivity contribution in [2.45, 2.75) is 36.8 Å². The van der Waals surface area contributed by atoms with Crippen LogP contribution >= 0.6 is 12.6 Å². The van der Waals surface area contributed by atoms with Crippen LogP contribution in [0, 0.1) is 0 Å². The van der Waals surface area contributed by atoms with Gasteiger partial charge in [0.25, 0.3) is 0 Å². The zero-order valence-electron chi connectivity index (χ0n) is 6.62. The molecule has 0 saturated carbocycles. The Hall–Kier alpha value is 0.230. The molecule has 0 aromatic carbocycles. The molecule has 0 aromatic heterocycles. The molecule has 1 aliphatic heterocycles. The largest absolute Gasteiger partial charge is 0.395 e. The Labute approximate surface area is 72.2 Å². The normalized spacial score (nSPS) is 45.8. The molecule has 0 radical (unpaired) electrons. The van der Waals surface area contributed by atoms with E-state index in [9.17, 15) is 5.11 Å². The van der Waals surface area contributed by atoms with Gasteiger partial charge in [0.1, 0.15) is 4.93 Å². The number of piperidine rings is 1. The average Bonchev–Trinajstić information content (AvgIpc) is 1.83. The molecule has 3 unspecified atom stereocenters. The minimum Gasteiger partial charge on any atom is -0.395 e. The van der Waals surface area contributed by atoms with Gasteiger partial charge in [0.2, 0.25) is 0 Å². The summed E-state index contributed by atoms with van der Waals surface area (Å²) in [6.45, 7) is 2.04. The summed E-state index contributed by atoms with van der Waals surface area (Å²) >= 11 is 4.09. The lowest BCUT2D eigenvalue weighted by Crippen LogP contribution is -2.51. The molecule has 3 atom stereocenters. The maximum atomic E-state index is 9.56. The number of hydrogen-bond acceptors (Lipinski definition) is 4. The van der Waals surface area contributed by atoms with Gasteiger partial charge in [-0.25, -0.2) is 0 Å². The standard InChI is InChI=1S/C7H15NO2S/c1-5-2-7(10,11)3-6(4-9)8-5/h5-6,8-11H,2-4H2,1H3. The quantitative estimate of drug-likeness (QED) is 0.330. The van der Waals surface area contributed by atoms with E-state index in [1.807, 2.05) is 6.92 Å². The van der Waals surface area contributed by atoms with E-state index in [0.29, 0.717) is 12.8 Å². The molecule has 0 spiro atoms. The lowest BCUT2D eigenvalue weighted by Gasteiger charge is -2.37. The van der Waals surface area contributed by atoms with Crippen LogP contribution in [-0.4, -0.2) is 33.8 Å². The molecule has 1 heterocycles. The molecule has 1 fully saturated rings. The molecular weight excluding hydrogens is 162 g/mol. The summed E-state index contributed by atoms with van der Waals surface area (Å²) in [6.07, 6.45) is 1.14. The monoisotopic (exact) mass is 177 g/mol. The van der Waals surface area contributed by atoms with E-state index in [-0.39, 0.29) is 18.7 Å². The highest BCUT2D eigenvalue weighted by atomic mass is 32.1. The topological polar surface area (TPSA) is 52.5 Å². The second kappa shape index (κ2) is 3.31. The van der Waals surface area contributed by atoms with Gasteiger partial charge in [0.05, 0.1) is 6.61 Å². The Bertz CT molecular complexity index is 140. The molecular formula is C7H15NO2S. The summed E-state index contributed by atoms with van der Waals surface area (Å²) in [5.41, 5.74) is 0. The van der Waals surface area contributed by atoms with Crippen LogP contribution in [-0.2, 0) is 0 Å². The van der Waals surface area contributed by atoms with Crippen LogP contribution in [0.2, 0.25) is 0 Å². The van der Waals surface area contributed by atoms with Crippen molar-refractivity contribution in [1.82, 2.24) is 5.32 Å². The first kappa shape index (κ1) is 9.32. The molecule has 66 valence electrons. The van der Waals surface area contributed by atoms with Gasteiger partial charge in [-0.3, -0.25) is 0 Å². The van der Waals surface area contributed by atoms with Gasteiger partial charge >= 0.3 is 0 Å². The summed E-state index contributed by atoms with van der Waals surface area (Å²) in [5.74, 6) is 0. The molecule has 0 aromatic rings. The Morgan fingerprint density at radius 2 is 2.27 bits per heavy atom. The first-order valence-corrected chi connectivity index (χ1v) is 4.30. The summed E-state index contributed by atoms with van der Waals surface area (Å²) in [4.78, 5) is -0.905. The molecule has 0 aliphatic carbocycles. The fourth-order valence-electron chi connectivity index (χ4n) is 1.61.